The number of carbonyl (C=O) groups excluding carboxylic acids is 2. The summed E-state index contributed by atoms with van der Waals surface area (Å²) in [6.07, 6.45) is 16.0. The quantitative estimate of drug-likeness (QED) is 0.152. The number of hydrogen-bond donors (Lipinski definition) is 2. The van der Waals surface area contributed by atoms with Gasteiger partial charge < -0.3 is 10.3 Å². The summed E-state index contributed by atoms with van der Waals surface area (Å²) >= 11 is 0. The lowest BCUT2D eigenvalue weighted by Crippen LogP contribution is -2.20. The normalized spacial score (nSPS) is 21.4. The molecule has 0 unspecified atom stereocenters. The van der Waals surface area contributed by atoms with Crippen LogP contribution in [0.25, 0.3) is 16.7 Å². The molecule has 0 fully saturated rings. The maximum absolute atomic E-state index is 14.4. The molecule has 0 atom stereocenters. The molecular formula is C60H54N4O2. The number of aromatic amines is 1. The van der Waals surface area contributed by atoms with Crippen molar-refractivity contribution in [1.29, 1.82) is 0 Å². The molecule has 7 aliphatic rings. The van der Waals surface area contributed by atoms with E-state index in [-0.39, 0.29) is 11.7 Å². The van der Waals surface area contributed by atoms with Crippen molar-refractivity contribution in [3.63, 3.8) is 0 Å². The maximum atomic E-state index is 14.4. The molecule has 0 bridgehead atoms. The van der Waals surface area contributed by atoms with Crippen LogP contribution in [0.1, 0.15) is 139 Å². The van der Waals surface area contributed by atoms with Gasteiger partial charge in [0.1, 0.15) is 5.71 Å². The number of rotatable bonds is 8. The molecule has 0 saturated carbocycles. The highest BCUT2D eigenvalue weighted by Crippen LogP contribution is 2.50. The molecule has 4 aliphatic carbocycles. The van der Waals surface area contributed by atoms with Crippen molar-refractivity contribution < 1.29 is 9.59 Å². The van der Waals surface area contributed by atoms with E-state index in [2.05, 4.69) is 101 Å². The van der Waals surface area contributed by atoms with E-state index >= 15 is 0 Å². The highest BCUT2D eigenvalue weighted by Gasteiger charge is 2.39. The van der Waals surface area contributed by atoms with Crippen molar-refractivity contribution in [3.8, 4) is 0 Å². The zero-order valence-corrected chi connectivity index (χ0v) is 37.6. The van der Waals surface area contributed by atoms with Crippen LogP contribution in [0.2, 0.25) is 0 Å². The van der Waals surface area contributed by atoms with Crippen LogP contribution in [0.5, 0.6) is 0 Å². The number of H-pyrrole nitrogens is 1. The number of amides is 1. The molecule has 12 rings (SSSR count). The van der Waals surface area contributed by atoms with Gasteiger partial charge in [-0.15, -0.1) is 0 Å². The number of aliphatic imine (C=N–C) groups is 2. The summed E-state index contributed by atoms with van der Waals surface area (Å²) < 4.78 is 0. The Labute approximate surface area is 387 Å². The third kappa shape index (κ3) is 6.92. The van der Waals surface area contributed by atoms with Gasteiger partial charge in [-0.1, -0.05) is 121 Å². The van der Waals surface area contributed by atoms with Crippen LogP contribution < -0.4 is 5.32 Å². The van der Waals surface area contributed by atoms with E-state index < -0.39 is 0 Å². The number of benzene rings is 4. The van der Waals surface area contributed by atoms with Gasteiger partial charge in [0.05, 0.1) is 34.2 Å². The first-order chi connectivity index (χ1) is 32.6. The van der Waals surface area contributed by atoms with Crippen molar-refractivity contribution in [2.45, 2.75) is 103 Å². The number of aromatic nitrogens is 1. The molecule has 66 heavy (non-hydrogen) atoms. The summed E-state index contributed by atoms with van der Waals surface area (Å²) in [5, 5.41) is 3.41. The van der Waals surface area contributed by atoms with Crippen molar-refractivity contribution in [2.24, 2.45) is 9.98 Å². The zero-order chi connectivity index (χ0) is 44.1. The van der Waals surface area contributed by atoms with Crippen LogP contribution in [0.4, 0.5) is 0 Å². The van der Waals surface area contributed by atoms with Crippen molar-refractivity contribution in [1.82, 2.24) is 10.3 Å². The molecule has 1 amide bonds. The lowest BCUT2D eigenvalue weighted by Gasteiger charge is -2.21. The van der Waals surface area contributed by atoms with Crippen molar-refractivity contribution >= 4 is 39.8 Å². The summed E-state index contributed by atoms with van der Waals surface area (Å²) in [5.74, 6) is 0.0562. The predicted octanol–water partition coefficient (Wildman–Crippen LogP) is 13.4. The van der Waals surface area contributed by atoms with E-state index in [4.69, 9.17) is 9.98 Å². The first kappa shape index (κ1) is 40.6. The molecule has 6 heteroatoms. The smallest absolute Gasteiger partial charge is 0.251 e. The third-order valence-corrected chi connectivity index (χ3v) is 15.0. The highest BCUT2D eigenvalue weighted by molar-refractivity contribution is 6.52. The Hall–Kier alpha value is -6.92. The number of allylic oxidation sites excluding steroid dienone is 6. The van der Waals surface area contributed by atoms with Crippen LogP contribution in [0, 0.1) is 0 Å². The summed E-state index contributed by atoms with van der Waals surface area (Å²) in [6.45, 7) is 0. The van der Waals surface area contributed by atoms with Crippen LogP contribution >= 0.6 is 0 Å². The van der Waals surface area contributed by atoms with E-state index in [0.29, 0.717) is 11.3 Å². The molecule has 4 heterocycles. The predicted molar refractivity (Wildman–Crippen MR) is 266 cm³/mol. The van der Waals surface area contributed by atoms with E-state index in [0.717, 1.165) is 181 Å². The summed E-state index contributed by atoms with van der Waals surface area (Å²) in [5.41, 5.74) is 23.9. The van der Waals surface area contributed by atoms with Gasteiger partial charge >= 0.3 is 0 Å². The minimum absolute atomic E-state index is 0.00202. The molecule has 6 nitrogen and oxygen atoms in total. The maximum Gasteiger partial charge on any atom is 0.251 e. The van der Waals surface area contributed by atoms with Crippen LogP contribution in [-0.4, -0.2) is 28.1 Å². The van der Waals surface area contributed by atoms with Gasteiger partial charge in [0.25, 0.3) is 5.91 Å². The second-order valence-electron chi connectivity index (χ2n) is 18.9. The standard InChI is InChI=1S/C60H54N4O2/c65-59(40-27-11-4-12-28-40)58-46-34-18-17-33-45(46)56(63-58)50(38-23-7-2-8-24-38)54-42-30-14-13-29-41(42)52(61-54)49(37-21-5-1-6-22-37)53-43-31-15-16-32-44(43)55(62-53)51(39-25-9-3-10-26-39)57-47-35-19-20-36-48(47)60(66)64-57/h1-12,21-28,61H,13-20,29-36H2,(H,64,66)/b53-49-,56-50-,57-51-. The largest absolute Gasteiger partial charge is 0.354 e. The summed E-state index contributed by atoms with van der Waals surface area (Å²) in [7, 11) is 0. The fraction of sp³-hybridized carbons (Fsp3) is 0.267. The van der Waals surface area contributed by atoms with Gasteiger partial charge in [-0.05, 0) is 158 Å². The summed E-state index contributed by atoms with van der Waals surface area (Å²) in [6, 6.07) is 42.0. The molecule has 0 saturated heterocycles. The first-order valence-electron chi connectivity index (χ1n) is 24.5. The Balaban J connectivity index is 1.12. The summed E-state index contributed by atoms with van der Waals surface area (Å²) in [4.78, 5) is 43.7. The molecule has 4 aromatic carbocycles. The highest BCUT2D eigenvalue weighted by atomic mass is 16.2. The molecule has 326 valence electrons. The second-order valence-corrected chi connectivity index (χ2v) is 18.9. The second kappa shape index (κ2) is 17.1. The van der Waals surface area contributed by atoms with Crippen molar-refractivity contribution in [2.75, 3.05) is 0 Å². The van der Waals surface area contributed by atoms with Gasteiger partial charge in [0.2, 0.25) is 5.78 Å². The van der Waals surface area contributed by atoms with Gasteiger partial charge in [0, 0.05) is 27.9 Å². The Kier molecular flexibility index (Phi) is 10.5. The molecule has 3 aliphatic heterocycles. The monoisotopic (exact) mass is 862 g/mol. The van der Waals surface area contributed by atoms with Gasteiger partial charge in [-0.25, -0.2) is 9.98 Å². The molecular weight excluding hydrogens is 809 g/mol. The van der Waals surface area contributed by atoms with Crippen molar-refractivity contribution in [3.05, 3.63) is 217 Å². The molecule has 0 radical (unpaired) electrons. The number of fused-ring (bicyclic) bond motifs is 1. The Morgan fingerprint density at radius 3 is 1.27 bits per heavy atom. The van der Waals surface area contributed by atoms with E-state index in [9.17, 15) is 9.59 Å². The van der Waals surface area contributed by atoms with Gasteiger partial charge in [-0.2, -0.15) is 0 Å². The average molecular weight is 863 g/mol. The fourth-order valence-corrected chi connectivity index (χ4v) is 12.0. The Morgan fingerprint density at radius 2 is 0.773 bits per heavy atom. The van der Waals surface area contributed by atoms with E-state index in [1.54, 1.807) is 0 Å². The lowest BCUT2D eigenvalue weighted by atomic mass is 9.82. The lowest BCUT2D eigenvalue weighted by molar-refractivity contribution is -0.116. The Morgan fingerprint density at radius 1 is 0.394 bits per heavy atom. The number of Topliss-reactive ketones (excluding diaryl/α,β-unsaturated/α-hetero) is 1. The molecule has 1 aromatic heterocycles. The number of carbonyl (C=O) groups is 2. The third-order valence-electron chi connectivity index (χ3n) is 15.0. The minimum Gasteiger partial charge on any atom is -0.354 e. The van der Waals surface area contributed by atoms with Gasteiger partial charge in [-0.3, -0.25) is 9.59 Å². The van der Waals surface area contributed by atoms with E-state index in [1.807, 2.05) is 30.3 Å². The fourth-order valence-electron chi connectivity index (χ4n) is 12.0. The number of hydrogen-bond acceptors (Lipinski definition) is 4. The van der Waals surface area contributed by atoms with Gasteiger partial charge in [0.15, 0.2) is 0 Å². The first-order valence-corrected chi connectivity index (χ1v) is 24.5. The average Bonchev–Trinajstić information content (AvgIpc) is 4.15. The Bertz CT molecular complexity index is 3100. The SMILES string of the molecule is O=C1N/C(=C(C2=N/C(=C(/c3ccccc3)c3[nH]c(/C(=C4\N=C(C(=O)c5ccccc5)C5=C4CCCC5)c4ccccc4)c4c3CCCC4)C3=C2CCCC3)/c2ccccc2)C2=C1CCCC2. The van der Waals surface area contributed by atoms with E-state index in [1.165, 1.54) is 33.4 Å². The number of ketones is 1. The number of nitrogens with zero attached hydrogens (tertiary/aromatic N) is 2. The minimum atomic E-state index is 0.00202. The molecule has 0 spiro atoms. The number of nitrogens with one attached hydrogen (secondary N) is 2. The molecule has 5 aromatic rings. The zero-order valence-electron chi connectivity index (χ0n) is 37.6. The topological polar surface area (TPSA) is 86.7 Å². The molecule has 2 N–H and O–H groups in total. The van der Waals surface area contributed by atoms with Crippen LogP contribution in [-0.2, 0) is 17.6 Å². The van der Waals surface area contributed by atoms with Crippen LogP contribution in [0.3, 0.4) is 0 Å². The van der Waals surface area contributed by atoms with Crippen LogP contribution in [0.15, 0.2) is 182 Å².